The number of hydrogen-bond acceptors (Lipinski definition) is 0. The smallest absolute Gasteiger partial charge is 0.0952 e. The van der Waals surface area contributed by atoms with Crippen molar-refractivity contribution in [1.29, 1.82) is 0 Å². The average molecular weight is 74.1 g/mol. The first-order chi connectivity index (χ1) is 2.00. The first kappa shape index (κ1) is 4.96. The second kappa shape index (κ2) is 0.977. The van der Waals surface area contributed by atoms with Gasteiger partial charge in [-0.3, -0.25) is 0 Å². The molecule has 0 saturated carbocycles. The molecule has 0 aliphatic rings. The van der Waals surface area contributed by atoms with Gasteiger partial charge in [0.05, 0.1) is 5.60 Å². The fourth-order valence-corrected chi connectivity index (χ4v) is 0. The van der Waals surface area contributed by atoms with Crippen LogP contribution in [0.25, 0.3) is 0 Å². The lowest BCUT2D eigenvalue weighted by atomic mass is 10.2. The van der Waals surface area contributed by atoms with Gasteiger partial charge in [-0.05, 0) is 20.8 Å². The van der Waals surface area contributed by atoms with Crippen LogP contribution in [0.2, 0.25) is 0 Å². The van der Waals surface area contributed by atoms with Gasteiger partial charge in [-0.15, -0.1) is 0 Å². The predicted molar refractivity (Wildman–Crippen MR) is 20.4 cm³/mol. The maximum atomic E-state index is 10.1. The molecule has 0 aromatic carbocycles. The summed E-state index contributed by atoms with van der Waals surface area (Å²) in [5, 5.41) is 10.1. The van der Waals surface area contributed by atoms with Crippen molar-refractivity contribution in [3.8, 4) is 0 Å². The molecule has 0 rings (SSSR count). The van der Waals surface area contributed by atoms with E-state index in [0.717, 1.165) is 0 Å². The highest BCUT2D eigenvalue weighted by Gasteiger charge is 2.01. The Kier molecular flexibility index (Phi) is 0.969. The monoisotopic (exact) mass is 74.1 g/mol. The maximum absolute atomic E-state index is 10.1. The van der Waals surface area contributed by atoms with Crippen LogP contribution in [0.1, 0.15) is 20.8 Å². The summed E-state index contributed by atoms with van der Waals surface area (Å²) in [4.78, 5) is 0. The van der Waals surface area contributed by atoms with Gasteiger partial charge in [0.2, 0.25) is 0 Å². The van der Waals surface area contributed by atoms with Gasteiger partial charge in [0.1, 0.15) is 0 Å². The third-order valence-electron chi connectivity index (χ3n) is 0. The van der Waals surface area contributed by atoms with Gasteiger partial charge >= 0.3 is 0 Å². The van der Waals surface area contributed by atoms with E-state index in [9.17, 15) is 5.11 Å². The van der Waals surface area contributed by atoms with Crippen LogP contribution in [0, 0.1) is 0 Å². The molecular weight excluding hydrogens is 65.0 g/mol. The molecule has 0 aliphatic carbocycles. The van der Waals surface area contributed by atoms with Crippen LogP contribution < -0.4 is 0 Å². The molecule has 31 valence electrons. The summed E-state index contributed by atoms with van der Waals surface area (Å²) in [6.45, 7) is 4.90. The Morgan fingerprint density at radius 3 is 1.20 bits per heavy atom. The van der Waals surface area contributed by atoms with Crippen molar-refractivity contribution in [2.75, 3.05) is 0 Å². The summed E-state index contributed by atoms with van der Waals surface area (Å²) in [5.74, 6) is 0. The highest BCUT2D eigenvalue weighted by atomic mass is 17.2. The van der Waals surface area contributed by atoms with Crippen LogP contribution in [-0.4, -0.2) is 5.60 Å². The molecule has 0 aromatic rings. The molecule has 0 spiro atoms. The van der Waals surface area contributed by atoms with E-state index in [0.29, 0.717) is 0 Å². The SMILES string of the molecule is CC(C)(C)[17O]. The van der Waals surface area contributed by atoms with E-state index < -0.39 is 5.60 Å². The first-order valence-corrected chi connectivity index (χ1v) is 1.70. The van der Waals surface area contributed by atoms with Gasteiger partial charge in [0.25, 0.3) is 0 Å². The Morgan fingerprint density at radius 2 is 1.20 bits per heavy atom. The molecule has 0 saturated heterocycles. The Labute approximate surface area is 32.6 Å². The molecule has 0 fully saturated rings. The Balaban J connectivity index is 3.02. The van der Waals surface area contributed by atoms with E-state index in [1.165, 1.54) is 0 Å². The van der Waals surface area contributed by atoms with Crippen molar-refractivity contribution in [3.05, 3.63) is 0 Å². The molecule has 1 nitrogen and oxygen atoms in total. The largest absolute Gasteiger partial charge is 0.230 e. The van der Waals surface area contributed by atoms with E-state index in [1.807, 2.05) is 0 Å². The molecule has 0 aliphatic heterocycles. The van der Waals surface area contributed by atoms with Gasteiger partial charge in [-0.1, -0.05) is 0 Å². The van der Waals surface area contributed by atoms with Gasteiger partial charge in [0.15, 0.2) is 0 Å². The number of hydrogen-bond donors (Lipinski definition) is 0. The summed E-state index contributed by atoms with van der Waals surface area (Å²) in [7, 11) is 0. The van der Waals surface area contributed by atoms with Gasteiger partial charge in [-0.2, -0.15) is 0 Å². The standard InChI is InChI=1S/C4H9O/c1-4(2,3)5/h1-3H3/i5+1. The van der Waals surface area contributed by atoms with E-state index >= 15 is 0 Å². The predicted octanol–water partition coefficient (Wildman–Crippen LogP) is 1.22. The molecule has 1 radical (unpaired) electrons. The highest BCUT2D eigenvalue weighted by Crippen LogP contribution is 1.95. The number of rotatable bonds is 0. The third-order valence-corrected chi connectivity index (χ3v) is 0. The molecule has 0 bridgehead atoms. The zero-order chi connectivity index (χ0) is 4.50. The second-order valence-electron chi connectivity index (χ2n) is 2.11. The maximum Gasteiger partial charge on any atom is 0.0952 e. The molecule has 0 N–H and O–H groups in total. The molecule has 0 aromatic heterocycles. The van der Waals surface area contributed by atoms with Crippen molar-refractivity contribution in [3.63, 3.8) is 0 Å². The van der Waals surface area contributed by atoms with E-state index in [4.69, 9.17) is 0 Å². The summed E-state index contributed by atoms with van der Waals surface area (Å²) in [6, 6.07) is 0. The Morgan fingerprint density at radius 1 is 1.20 bits per heavy atom. The van der Waals surface area contributed by atoms with Crippen LogP contribution >= 0.6 is 0 Å². The minimum atomic E-state index is -0.750. The van der Waals surface area contributed by atoms with Crippen molar-refractivity contribution in [2.24, 2.45) is 0 Å². The van der Waals surface area contributed by atoms with Gasteiger partial charge in [0, 0.05) is 0 Å². The van der Waals surface area contributed by atoms with Gasteiger partial charge < -0.3 is 0 Å². The molecule has 5 heavy (non-hydrogen) atoms. The molecule has 1 heteroatoms. The van der Waals surface area contributed by atoms with Crippen molar-refractivity contribution >= 4 is 0 Å². The quantitative estimate of drug-likeness (QED) is 0.411. The molecule has 0 heterocycles. The molecular formula is C4H9O. The van der Waals surface area contributed by atoms with Crippen molar-refractivity contribution in [1.82, 2.24) is 0 Å². The fourth-order valence-electron chi connectivity index (χ4n) is 0. The van der Waals surface area contributed by atoms with E-state index in [-0.39, 0.29) is 0 Å². The zero-order valence-electron chi connectivity index (χ0n) is 3.91. The molecule has 0 atom stereocenters. The van der Waals surface area contributed by atoms with E-state index in [1.54, 1.807) is 20.8 Å². The topological polar surface area (TPSA) is 19.9 Å². The zero-order valence-corrected chi connectivity index (χ0v) is 3.91. The first-order valence-electron chi connectivity index (χ1n) is 1.70. The van der Waals surface area contributed by atoms with Crippen molar-refractivity contribution < 1.29 is 5.11 Å². The van der Waals surface area contributed by atoms with Crippen LogP contribution in [0.15, 0.2) is 0 Å². The normalized spacial score (nSPS) is 12.0. The minimum absolute atomic E-state index is 0.750. The van der Waals surface area contributed by atoms with E-state index in [2.05, 4.69) is 0 Å². The summed E-state index contributed by atoms with van der Waals surface area (Å²) >= 11 is 0. The fraction of sp³-hybridized carbons (Fsp3) is 1.00. The lowest BCUT2D eigenvalue weighted by Crippen LogP contribution is -2.07. The second-order valence-corrected chi connectivity index (χ2v) is 2.11. The summed E-state index contributed by atoms with van der Waals surface area (Å²) in [5.41, 5.74) is -0.750. The Bertz CT molecular complexity index is 19.1. The van der Waals surface area contributed by atoms with Gasteiger partial charge in [-0.25, -0.2) is 5.11 Å². The third kappa shape index (κ3) is 9510. The summed E-state index contributed by atoms with van der Waals surface area (Å²) in [6.07, 6.45) is 0. The minimum Gasteiger partial charge on any atom is -0.230 e. The highest BCUT2D eigenvalue weighted by molar-refractivity contribution is 4.50. The van der Waals surface area contributed by atoms with Crippen LogP contribution in [0.4, 0.5) is 0 Å². The lowest BCUT2D eigenvalue weighted by molar-refractivity contribution is 0.0219. The molecule has 0 unspecified atom stereocenters. The van der Waals surface area contributed by atoms with Crippen LogP contribution in [0.5, 0.6) is 0 Å². The average Bonchev–Trinajstić information content (AvgIpc) is 0.722. The van der Waals surface area contributed by atoms with Crippen molar-refractivity contribution in [2.45, 2.75) is 26.4 Å². The van der Waals surface area contributed by atoms with Crippen LogP contribution in [-0.2, 0) is 5.11 Å². The Hall–Kier alpha value is -0.0400. The lowest BCUT2D eigenvalue weighted by Gasteiger charge is -2.00. The van der Waals surface area contributed by atoms with Crippen LogP contribution in [0.3, 0.4) is 0 Å². The summed E-state index contributed by atoms with van der Waals surface area (Å²) < 4.78 is 0. The molecule has 0 amide bonds.